The summed E-state index contributed by atoms with van der Waals surface area (Å²) in [7, 11) is -1.46. The first-order chi connectivity index (χ1) is 13.8. The predicted molar refractivity (Wildman–Crippen MR) is 118 cm³/mol. The Kier molecular flexibility index (Phi) is 8.51. The van der Waals surface area contributed by atoms with Crippen LogP contribution in [-0.4, -0.2) is 40.8 Å². The van der Waals surface area contributed by atoms with Crippen LogP contribution in [0.1, 0.15) is 29.5 Å². The van der Waals surface area contributed by atoms with Crippen LogP contribution in [0.4, 0.5) is 0 Å². The first-order valence-corrected chi connectivity index (χ1v) is 11.6. The standard InChI is InChI=1S/C22H31N3O3S/c1-17-7-10-20(11-8-17)28-14-6-5-13-24-22(23-3)25-16-19-9-12-21(18(2)15-19)29(4,26)27/h7-12,15H,5-6,13-14,16H2,1-4H3,(H2,23,24,25). The van der Waals surface area contributed by atoms with E-state index in [-0.39, 0.29) is 0 Å². The molecule has 0 amide bonds. The van der Waals surface area contributed by atoms with Gasteiger partial charge in [0.05, 0.1) is 11.5 Å². The van der Waals surface area contributed by atoms with Crippen molar-refractivity contribution in [1.29, 1.82) is 0 Å². The Labute approximate surface area is 174 Å². The van der Waals surface area contributed by atoms with E-state index in [1.165, 1.54) is 11.8 Å². The van der Waals surface area contributed by atoms with Gasteiger partial charge in [-0.3, -0.25) is 4.99 Å². The molecule has 0 aliphatic heterocycles. The molecule has 0 heterocycles. The number of aryl methyl sites for hydroxylation is 2. The second kappa shape index (κ2) is 10.9. The van der Waals surface area contributed by atoms with Crippen LogP contribution in [0.3, 0.4) is 0 Å². The fourth-order valence-corrected chi connectivity index (χ4v) is 3.86. The number of aliphatic imine (C=N–C) groups is 1. The van der Waals surface area contributed by atoms with Crippen LogP contribution in [0, 0.1) is 13.8 Å². The van der Waals surface area contributed by atoms with E-state index >= 15 is 0 Å². The van der Waals surface area contributed by atoms with Gasteiger partial charge in [0.2, 0.25) is 0 Å². The van der Waals surface area contributed by atoms with Crippen LogP contribution in [0.15, 0.2) is 52.4 Å². The van der Waals surface area contributed by atoms with Gasteiger partial charge in [-0.2, -0.15) is 0 Å². The molecule has 0 spiro atoms. The van der Waals surface area contributed by atoms with E-state index in [2.05, 4.69) is 22.5 Å². The number of hydrogen-bond acceptors (Lipinski definition) is 4. The number of benzene rings is 2. The van der Waals surface area contributed by atoms with E-state index in [1.54, 1.807) is 13.1 Å². The first-order valence-electron chi connectivity index (χ1n) is 9.73. The number of guanidine groups is 1. The van der Waals surface area contributed by atoms with E-state index in [0.717, 1.165) is 36.3 Å². The molecule has 0 saturated heterocycles. The normalized spacial score (nSPS) is 11.9. The number of nitrogens with zero attached hydrogens (tertiary/aromatic N) is 1. The minimum Gasteiger partial charge on any atom is -0.494 e. The fourth-order valence-electron chi connectivity index (χ4n) is 2.90. The number of ether oxygens (including phenoxy) is 1. The molecule has 0 radical (unpaired) electrons. The van der Waals surface area contributed by atoms with Crippen molar-refractivity contribution in [1.82, 2.24) is 10.6 Å². The fraction of sp³-hybridized carbons (Fsp3) is 0.409. The minimum absolute atomic E-state index is 0.372. The largest absolute Gasteiger partial charge is 0.494 e. The topological polar surface area (TPSA) is 79.8 Å². The number of nitrogens with one attached hydrogen (secondary N) is 2. The summed E-state index contributed by atoms with van der Waals surface area (Å²) in [4.78, 5) is 4.60. The summed E-state index contributed by atoms with van der Waals surface area (Å²) in [6.07, 6.45) is 3.14. The monoisotopic (exact) mass is 417 g/mol. The Morgan fingerprint density at radius 3 is 2.38 bits per heavy atom. The maximum Gasteiger partial charge on any atom is 0.191 e. The molecule has 29 heavy (non-hydrogen) atoms. The lowest BCUT2D eigenvalue weighted by Gasteiger charge is -2.13. The highest BCUT2D eigenvalue weighted by atomic mass is 32.2. The first kappa shape index (κ1) is 22.7. The Morgan fingerprint density at radius 1 is 1.03 bits per heavy atom. The smallest absolute Gasteiger partial charge is 0.191 e. The van der Waals surface area contributed by atoms with Crippen LogP contribution < -0.4 is 15.4 Å². The van der Waals surface area contributed by atoms with Crippen LogP contribution in [0.2, 0.25) is 0 Å². The maximum absolute atomic E-state index is 11.7. The molecule has 0 aliphatic carbocycles. The molecule has 0 bridgehead atoms. The van der Waals surface area contributed by atoms with Gasteiger partial charge in [-0.05, 0) is 56.0 Å². The van der Waals surface area contributed by atoms with E-state index in [0.29, 0.717) is 24.0 Å². The molecule has 2 rings (SSSR count). The van der Waals surface area contributed by atoms with Gasteiger partial charge in [-0.1, -0.05) is 29.8 Å². The predicted octanol–water partition coefficient (Wildman–Crippen LogP) is 3.23. The third-order valence-corrected chi connectivity index (χ3v) is 5.73. The van der Waals surface area contributed by atoms with E-state index in [9.17, 15) is 8.42 Å². The number of sulfone groups is 1. The second-order valence-corrected chi connectivity index (χ2v) is 9.08. The lowest BCUT2D eigenvalue weighted by molar-refractivity contribution is 0.307. The number of hydrogen-bond donors (Lipinski definition) is 2. The molecule has 2 aromatic carbocycles. The summed E-state index contributed by atoms with van der Waals surface area (Å²) >= 11 is 0. The van der Waals surface area contributed by atoms with Crippen molar-refractivity contribution < 1.29 is 13.2 Å². The lowest BCUT2D eigenvalue weighted by Crippen LogP contribution is -2.37. The van der Waals surface area contributed by atoms with Gasteiger partial charge in [-0.25, -0.2) is 8.42 Å². The Morgan fingerprint density at radius 2 is 1.76 bits per heavy atom. The molecule has 0 fully saturated rings. The molecule has 158 valence electrons. The molecular weight excluding hydrogens is 386 g/mol. The lowest BCUT2D eigenvalue weighted by atomic mass is 10.1. The van der Waals surface area contributed by atoms with E-state index < -0.39 is 9.84 Å². The van der Waals surface area contributed by atoms with Gasteiger partial charge in [0, 0.05) is 26.4 Å². The van der Waals surface area contributed by atoms with Crippen LogP contribution >= 0.6 is 0 Å². The second-order valence-electron chi connectivity index (χ2n) is 7.09. The average Bonchev–Trinajstić information content (AvgIpc) is 2.67. The summed E-state index contributed by atoms with van der Waals surface area (Å²) in [6, 6.07) is 13.4. The van der Waals surface area contributed by atoms with E-state index in [1.807, 2.05) is 43.3 Å². The summed E-state index contributed by atoms with van der Waals surface area (Å²) in [6.45, 7) is 5.92. The molecular formula is C22H31N3O3S. The molecule has 0 aliphatic rings. The molecule has 0 atom stereocenters. The van der Waals surface area contributed by atoms with Crippen molar-refractivity contribution in [2.45, 2.75) is 38.1 Å². The summed E-state index contributed by atoms with van der Waals surface area (Å²) in [5, 5.41) is 6.53. The van der Waals surface area contributed by atoms with Crippen LogP contribution in [0.5, 0.6) is 5.75 Å². The van der Waals surface area contributed by atoms with Crippen molar-refractivity contribution in [2.75, 3.05) is 26.5 Å². The highest BCUT2D eigenvalue weighted by Crippen LogP contribution is 2.16. The quantitative estimate of drug-likeness (QED) is 0.372. The zero-order chi connectivity index (χ0) is 21.3. The molecule has 0 aromatic heterocycles. The molecule has 0 unspecified atom stereocenters. The van der Waals surface area contributed by atoms with Gasteiger partial charge in [0.25, 0.3) is 0 Å². The molecule has 6 nitrogen and oxygen atoms in total. The maximum atomic E-state index is 11.7. The van der Waals surface area contributed by atoms with Crippen molar-refractivity contribution in [2.24, 2.45) is 4.99 Å². The summed E-state index contributed by atoms with van der Waals surface area (Å²) in [5.41, 5.74) is 2.98. The Bertz CT molecular complexity index is 923. The Hall–Kier alpha value is -2.54. The van der Waals surface area contributed by atoms with Crippen LogP contribution in [-0.2, 0) is 16.4 Å². The highest BCUT2D eigenvalue weighted by Gasteiger charge is 2.10. The third kappa shape index (κ3) is 7.77. The molecule has 2 aromatic rings. The molecule has 0 saturated carbocycles. The minimum atomic E-state index is -3.19. The highest BCUT2D eigenvalue weighted by molar-refractivity contribution is 7.90. The molecule has 2 N–H and O–H groups in total. The Balaban J connectivity index is 1.69. The third-order valence-electron chi connectivity index (χ3n) is 4.48. The summed E-state index contributed by atoms with van der Waals surface area (Å²) in [5.74, 6) is 1.62. The van der Waals surface area contributed by atoms with Gasteiger partial charge in [-0.15, -0.1) is 0 Å². The van der Waals surface area contributed by atoms with Crippen LogP contribution in [0.25, 0.3) is 0 Å². The zero-order valence-electron chi connectivity index (χ0n) is 17.7. The molecule has 7 heteroatoms. The number of rotatable bonds is 9. The van der Waals surface area contributed by atoms with Crippen molar-refractivity contribution >= 4 is 15.8 Å². The number of unbranched alkanes of at least 4 members (excludes halogenated alkanes) is 1. The van der Waals surface area contributed by atoms with Crippen molar-refractivity contribution in [3.8, 4) is 5.75 Å². The van der Waals surface area contributed by atoms with Crippen molar-refractivity contribution in [3.05, 3.63) is 59.2 Å². The summed E-state index contributed by atoms with van der Waals surface area (Å²) < 4.78 is 29.2. The van der Waals surface area contributed by atoms with Gasteiger partial charge in [0.1, 0.15) is 5.75 Å². The van der Waals surface area contributed by atoms with Gasteiger partial charge in [0.15, 0.2) is 15.8 Å². The van der Waals surface area contributed by atoms with Crippen molar-refractivity contribution in [3.63, 3.8) is 0 Å². The van der Waals surface area contributed by atoms with E-state index in [4.69, 9.17) is 4.74 Å². The van der Waals surface area contributed by atoms with Gasteiger partial charge >= 0.3 is 0 Å². The average molecular weight is 418 g/mol. The zero-order valence-corrected chi connectivity index (χ0v) is 18.5. The SMILES string of the molecule is CN=C(NCCCCOc1ccc(C)cc1)NCc1ccc(S(C)(=O)=O)c(C)c1. The van der Waals surface area contributed by atoms with Gasteiger partial charge < -0.3 is 15.4 Å².